The third-order valence-corrected chi connectivity index (χ3v) is 4.76. The number of rotatable bonds is 9. The van der Waals surface area contributed by atoms with Crippen molar-refractivity contribution in [1.82, 2.24) is 0 Å². The molecule has 8 nitrogen and oxygen atoms in total. The lowest BCUT2D eigenvalue weighted by molar-refractivity contribution is 0.143. The van der Waals surface area contributed by atoms with Gasteiger partial charge in [-0.2, -0.15) is 0 Å². The highest BCUT2D eigenvalue weighted by atomic mass is 16.7. The average Bonchev–Trinajstić information content (AvgIpc) is 3.46. The van der Waals surface area contributed by atoms with Gasteiger partial charge in [0.25, 0.3) is 0 Å². The Hall–Kier alpha value is -2.39. The van der Waals surface area contributed by atoms with Gasteiger partial charge in [-0.15, -0.1) is 0 Å². The zero-order valence-corrected chi connectivity index (χ0v) is 17.0. The lowest BCUT2D eigenvalue weighted by Gasteiger charge is -2.13. The van der Waals surface area contributed by atoms with E-state index in [0.29, 0.717) is 26.4 Å². The summed E-state index contributed by atoms with van der Waals surface area (Å²) in [5.74, 6) is 3.05. The van der Waals surface area contributed by atoms with E-state index in [1.54, 1.807) is 14.2 Å². The van der Waals surface area contributed by atoms with Crippen LogP contribution < -0.4 is 18.9 Å². The molecule has 0 aliphatic carbocycles. The molecule has 2 fully saturated rings. The molecule has 0 N–H and O–H groups in total. The summed E-state index contributed by atoms with van der Waals surface area (Å²) in [5, 5.41) is 0. The molecule has 2 atom stereocenters. The summed E-state index contributed by atoms with van der Waals surface area (Å²) in [4.78, 5) is 0. The molecule has 4 rings (SSSR count). The molecular formula is C20H24B2O8. The standard InChI is InChI=1S/C20H24B2O8/c1-23-15-3-7-17(8-4-15)25-11-19-13-27-21(29-19)22-28-14-20(30-22)12-26-18-9-5-16(24-2)6-10-18/h3-10,19-20H,11-14H2,1-2H3. The molecule has 30 heavy (non-hydrogen) atoms. The van der Waals surface area contributed by atoms with Crippen molar-refractivity contribution in [1.29, 1.82) is 0 Å². The number of ether oxygens (including phenoxy) is 4. The average molecular weight is 414 g/mol. The van der Waals surface area contributed by atoms with Crippen LogP contribution in [0, 0.1) is 0 Å². The molecule has 0 saturated carbocycles. The quantitative estimate of drug-likeness (QED) is 0.578. The maximum atomic E-state index is 5.87. The maximum absolute atomic E-state index is 5.87. The molecule has 0 spiro atoms. The Morgan fingerprint density at radius 2 is 1.03 bits per heavy atom. The fourth-order valence-corrected chi connectivity index (χ4v) is 3.12. The minimum atomic E-state index is -0.583. The molecule has 2 heterocycles. The van der Waals surface area contributed by atoms with Gasteiger partial charge < -0.3 is 37.6 Å². The third-order valence-electron chi connectivity index (χ3n) is 4.76. The van der Waals surface area contributed by atoms with E-state index in [1.165, 1.54) is 0 Å². The SMILES string of the molecule is COc1ccc(OCC2COB(B3OCC(COc4ccc(OC)cc4)O3)O2)cc1. The van der Waals surface area contributed by atoms with Crippen LogP contribution in [-0.2, 0) is 18.6 Å². The summed E-state index contributed by atoms with van der Waals surface area (Å²) < 4.78 is 44.9. The lowest BCUT2D eigenvalue weighted by atomic mass is 9.49. The molecular weight excluding hydrogens is 390 g/mol. The summed E-state index contributed by atoms with van der Waals surface area (Å²) in [6.45, 7) is 1.58. The van der Waals surface area contributed by atoms with Crippen molar-refractivity contribution in [2.75, 3.05) is 40.6 Å². The van der Waals surface area contributed by atoms with Crippen molar-refractivity contribution in [2.24, 2.45) is 0 Å². The first-order valence-corrected chi connectivity index (χ1v) is 9.81. The molecule has 2 unspecified atom stereocenters. The van der Waals surface area contributed by atoms with Crippen LogP contribution >= 0.6 is 0 Å². The fraction of sp³-hybridized carbons (Fsp3) is 0.400. The molecule has 0 aromatic heterocycles. The van der Waals surface area contributed by atoms with Gasteiger partial charge in [0.2, 0.25) is 0 Å². The van der Waals surface area contributed by atoms with E-state index in [1.807, 2.05) is 48.5 Å². The molecule has 10 heteroatoms. The monoisotopic (exact) mass is 414 g/mol. The van der Waals surface area contributed by atoms with Crippen LogP contribution in [0.1, 0.15) is 0 Å². The number of hydrogen-bond acceptors (Lipinski definition) is 8. The molecule has 0 radical (unpaired) electrons. The molecule has 0 bridgehead atoms. The zero-order chi connectivity index (χ0) is 20.8. The normalized spacial score (nSPS) is 21.0. The molecule has 2 saturated heterocycles. The largest absolute Gasteiger partial charge is 0.497 e. The summed E-state index contributed by atoms with van der Waals surface area (Å²) in [6, 6.07) is 14.8. The van der Waals surface area contributed by atoms with Crippen LogP contribution in [0.5, 0.6) is 23.0 Å². The minimum absolute atomic E-state index is 0.195. The Bertz CT molecular complexity index is 721. The van der Waals surface area contributed by atoms with Gasteiger partial charge in [-0.1, -0.05) is 0 Å². The molecule has 2 aromatic carbocycles. The van der Waals surface area contributed by atoms with Crippen LogP contribution in [-0.4, -0.2) is 66.9 Å². The predicted molar refractivity (Wildman–Crippen MR) is 110 cm³/mol. The fourth-order valence-electron chi connectivity index (χ4n) is 3.12. The summed E-state index contributed by atoms with van der Waals surface area (Å²) in [6.07, 6.45) is -0.391. The number of methoxy groups -OCH3 is 2. The van der Waals surface area contributed by atoms with E-state index in [0.717, 1.165) is 23.0 Å². The Morgan fingerprint density at radius 1 is 0.667 bits per heavy atom. The Kier molecular flexibility index (Phi) is 7.01. The molecule has 158 valence electrons. The van der Waals surface area contributed by atoms with Gasteiger partial charge in [-0.3, -0.25) is 0 Å². The minimum Gasteiger partial charge on any atom is -0.497 e. The van der Waals surface area contributed by atoms with Crippen molar-refractivity contribution in [2.45, 2.75) is 12.2 Å². The van der Waals surface area contributed by atoms with Gasteiger partial charge in [0.1, 0.15) is 36.2 Å². The van der Waals surface area contributed by atoms with Gasteiger partial charge in [0.15, 0.2) is 0 Å². The van der Waals surface area contributed by atoms with Crippen molar-refractivity contribution in [3.63, 3.8) is 0 Å². The van der Waals surface area contributed by atoms with Gasteiger partial charge in [0, 0.05) is 0 Å². The van der Waals surface area contributed by atoms with E-state index in [4.69, 9.17) is 37.6 Å². The van der Waals surface area contributed by atoms with E-state index >= 15 is 0 Å². The lowest BCUT2D eigenvalue weighted by Crippen LogP contribution is -2.40. The van der Waals surface area contributed by atoms with Crippen molar-refractivity contribution < 1.29 is 37.6 Å². The Morgan fingerprint density at radius 3 is 1.40 bits per heavy atom. The summed E-state index contributed by atoms with van der Waals surface area (Å²) >= 11 is 0. The summed E-state index contributed by atoms with van der Waals surface area (Å²) in [7, 11) is 2.09. The Balaban J connectivity index is 1.17. The van der Waals surface area contributed by atoms with Crippen LogP contribution in [0.25, 0.3) is 0 Å². The van der Waals surface area contributed by atoms with Crippen LogP contribution in [0.2, 0.25) is 0 Å². The van der Waals surface area contributed by atoms with Crippen molar-refractivity contribution >= 4 is 14.0 Å². The smallest absolute Gasteiger partial charge is 0.488 e. The predicted octanol–water partition coefficient (Wildman–Crippen LogP) is 2.05. The van der Waals surface area contributed by atoms with Crippen LogP contribution in [0.15, 0.2) is 48.5 Å². The second-order valence-electron chi connectivity index (χ2n) is 6.89. The highest BCUT2D eigenvalue weighted by Gasteiger charge is 2.49. The second-order valence-corrected chi connectivity index (χ2v) is 6.89. The van der Waals surface area contributed by atoms with Crippen LogP contribution in [0.3, 0.4) is 0 Å². The van der Waals surface area contributed by atoms with Gasteiger partial charge >= 0.3 is 14.0 Å². The van der Waals surface area contributed by atoms with E-state index in [9.17, 15) is 0 Å². The molecule has 2 aromatic rings. The van der Waals surface area contributed by atoms with Gasteiger partial charge in [0.05, 0.1) is 39.6 Å². The maximum Gasteiger partial charge on any atom is 0.488 e. The Labute approximate surface area is 176 Å². The number of benzene rings is 2. The highest BCUT2D eigenvalue weighted by molar-refractivity contribution is 7.11. The van der Waals surface area contributed by atoms with Crippen LogP contribution in [0.4, 0.5) is 0 Å². The van der Waals surface area contributed by atoms with E-state index in [2.05, 4.69) is 0 Å². The second kappa shape index (κ2) is 10.1. The van der Waals surface area contributed by atoms with E-state index < -0.39 is 14.0 Å². The van der Waals surface area contributed by atoms with Gasteiger partial charge in [-0.05, 0) is 48.5 Å². The first-order valence-electron chi connectivity index (χ1n) is 9.81. The first-order chi connectivity index (χ1) is 14.7. The van der Waals surface area contributed by atoms with Crippen molar-refractivity contribution in [3.05, 3.63) is 48.5 Å². The first kappa shape index (κ1) is 20.9. The summed E-state index contributed by atoms with van der Waals surface area (Å²) in [5.41, 5.74) is 0. The molecule has 2 aliphatic rings. The van der Waals surface area contributed by atoms with Gasteiger partial charge in [-0.25, -0.2) is 0 Å². The van der Waals surface area contributed by atoms with Crippen molar-refractivity contribution in [3.8, 4) is 23.0 Å². The number of hydrogen-bond donors (Lipinski definition) is 0. The highest BCUT2D eigenvalue weighted by Crippen LogP contribution is 2.22. The molecule has 0 amide bonds. The third kappa shape index (κ3) is 5.40. The molecule has 2 aliphatic heterocycles. The zero-order valence-electron chi connectivity index (χ0n) is 17.0. The van der Waals surface area contributed by atoms with E-state index in [-0.39, 0.29) is 12.2 Å². The topological polar surface area (TPSA) is 73.8 Å².